The fourth-order valence-corrected chi connectivity index (χ4v) is 3.67. The molecule has 0 aliphatic carbocycles. The first-order valence-corrected chi connectivity index (χ1v) is 9.90. The first-order chi connectivity index (χ1) is 14.1. The van der Waals surface area contributed by atoms with Gasteiger partial charge < -0.3 is 15.4 Å². The number of nitrogens with one attached hydrogen (secondary N) is 2. The van der Waals surface area contributed by atoms with E-state index >= 15 is 0 Å². The number of hydrogen-bond acceptors (Lipinski definition) is 3. The predicted octanol–water partition coefficient (Wildman–Crippen LogP) is 3.21. The van der Waals surface area contributed by atoms with E-state index in [4.69, 9.17) is 5.11 Å². The highest BCUT2D eigenvalue weighted by Crippen LogP contribution is 2.30. The Balaban J connectivity index is 1.76. The second-order valence-corrected chi connectivity index (χ2v) is 7.16. The number of carbonyl (C=O) groups excluding carboxylic acids is 1. The molecule has 3 N–H and O–H groups in total. The zero-order valence-electron chi connectivity index (χ0n) is 16.6. The van der Waals surface area contributed by atoms with E-state index in [-0.39, 0.29) is 24.9 Å². The molecule has 3 aromatic rings. The molecule has 3 rings (SSSR count). The minimum atomic E-state index is -0.924. The van der Waals surface area contributed by atoms with E-state index < -0.39 is 5.97 Å². The van der Waals surface area contributed by atoms with E-state index in [9.17, 15) is 9.59 Å². The van der Waals surface area contributed by atoms with Crippen molar-refractivity contribution >= 4 is 22.8 Å². The molecule has 0 saturated carbocycles. The number of nitrogens with zero attached hydrogens (tertiary/aromatic N) is 1. The number of amides is 1. The summed E-state index contributed by atoms with van der Waals surface area (Å²) in [4.78, 5) is 28.5. The number of fused-ring (bicyclic) bond motifs is 1. The number of carboxylic acid groups (broad SMARTS) is 1. The SMILES string of the molecule is CCCN(CC(=O)O)CC(=O)NCC(c1ccccc1)c1c[nH]c2ccccc12. The number of hydrogen-bond donors (Lipinski definition) is 3. The fraction of sp³-hybridized carbons (Fsp3) is 0.304. The summed E-state index contributed by atoms with van der Waals surface area (Å²) in [5.41, 5.74) is 3.31. The molecule has 2 aromatic carbocycles. The summed E-state index contributed by atoms with van der Waals surface area (Å²) < 4.78 is 0. The molecule has 1 amide bonds. The van der Waals surface area contributed by atoms with Crippen LogP contribution in [0, 0.1) is 0 Å². The molecule has 1 aromatic heterocycles. The van der Waals surface area contributed by atoms with E-state index in [1.165, 1.54) is 0 Å². The molecule has 152 valence electrons. The summed E-state index contributed by atoms with van der Waals surface area (Å²) in [6.07, 6.45) is 2.80. The van der Waals surface area contributed by atoms with Crippen LogP contribution in [0.1, 0.15) is 30.4 Å². The molecule has 6 nitrogen and oxygen atoms in total. The second kappa shape index (κ2) is 9.89. The minimum Gasteiger partial charge on any atom is -0.480 e. The minimum absolute atomic E-state index is 0.00426. The standard InChI is InChI=1S/C23H27N3O3/c1-2-12-26(16-23(28)29)15-22(27)25-13-19(17-8-4-3-5-9-17)20-14-24-21-11-7-6-10-18(20)21/h3-11,14,19,24H,2,12-13,15-16H2,1H3,(H,25,27)(H,28,29). The number of carboxylic acids is 1. The molecule has 6 heteroatoms. The van der Waals surface area contributed by atoms with Gasteiger partial charge in [-0.1, -0.05) is 55.5 Å². The van der Waals surface area contributed by atoms with E-state index in [0.717, 1.165) is 28.5 Å². The number of rotatable bonds is 10. The molecule has 0 fully saturated rings. The van der Waals surface area contributed by atoms with Crippen LogP contribution >= 0.6 is 0 Å². The lowest BCUT2D eigenvalue weighted by atomic mass is 9.91. The lowest BCUT2D eigenvalue weighted by Gasteiger charge is -2.21. The molecule has 29 heavy (non-hydrogen) atoms. The van der Waals surface area contributed by atoms with E-state index in [0.29, 0.717) is 13.1 Å². The molecule has 0 radical (unpaired) electrons. The van der Waals surface area contributed by atoms with Gasteiger partial charge in [-0.2, -0.15) is 0 Å². The quantitative estimate of drug-likeness (QED) is 0.494. The number of aliphatic carboxylic acids is 1. The van der Waals surface area contributed by atoms with Gasteiger partial charge in [0.1, 0.15) is 0 Å². The Morgan fingerprint density at radius 3 is 2.52 bits per heavy atom. The Kier molecular flexibility index (Phi) is 7.03. The van der Waals surface area contributed by atoms with Gasteiger partial charge in [0.25, 0.3) is 0 Å². The Labute approximate surface area is 170 Å². The molecular weight excluding hydrogens is 366 g/mol. The Hall–Kier alpha value is -3.12. The van der Waals surface area contributed by atoms with Gasteiger partial charge in [0.15, 0.2) is 0 Å². The number of carbonyl (C=O) groups is 2. The van der Waals surface area contributed by atoms with Gasteiger partial charge in [0, 0.05) is 29.6 Å². The van der Waals surface area contributed by atoms with Crippen molar-refractivity contribution in [3.63, 3.8) is 0 Å². The van der Waals surface area contributed by atoms with Crippen molar-refractivity contribution in [2.75, 3.05) is 26.2 Å². The first-order valence-electron chi connectivity index (χ1n) is 9.90. The van der Waals surface area contributed by atoms with Crippen molar-refractivity contribution in [3.8, 4) is 0 Å². The average Bonchev–Trinajstić information content (AvgIpc) is 3.13. The summed E-state index contributed by atoms with van der Waals surface area (Å²) in [6, 6.07) is 18.2. The highest BCUT2D eigenvalue weighted by molar-refractivity contribution is 5.84. The Morgan fingerprint density at radius 2 is 1.79 bits per heavy atom. The molecule has 0 saturated heterocycles. The van der Waals surface area contributed by atoms with Crippen molar-refractivity contribution in [1.82, 2.24) is 15.2 Å². The van der Waals surface area contributed by atoms with Crippen molar-refractivity contribution in [3.05, 3.63) is 71.9 Å². The van der Waals surface area contributed by atoms with E-state index in [1.807, 2.05) is 49.5 Å². The molecule has 0 aliphatic rings. The summed E-state index contributed by atoms with van der Waals surface area (Å²) in [7, 11) is 0. The van der Waals surface area contributed by atoms with Crippen LogP contribution in [0.25, 0.3) is 10.9 Å². The maximum absolute atomic E-state index is 12.5. The highest BCUT2D eigenvalue weighted by atomic mass is 16.4. The van der Waals surface area contributed by atoms with Crippen LogP contribution < -0.4 is 5.32 Å². The monoisotopic (exact) mass is 393 g/mol. The molecule has 1 heterocycles. The molecule has 1 unspecified atom stereocenters. The van der Waals surface area contributed by atoms with Crippen LogP contribution in [0.3, 0.4) is 0 Å². The highest BCUT2D eigenvalue weighted by Gasteiger charge is 2.20. The summed E-state index contributed by atoms with van der Waals surface area (Å²) >= 11 is 0. The van der Waals surface area contributed by atoms with Crippen LogP contribution in [0.2, 0.25) is 0 Å². The zero-order valence-corrected chi connectivity index (χ0v) is 16.6. The molecule has 0 spiro atoms. The Morgan fingerprint density at radius 1 is 1.07 bits per heavy atom. The van der Waals surface area contributed by atoms with Crippen LogP contribution in [0.4, 0.5) is 0 Å². The van der Waals surface area contributed by atoms with Crippen LogP contribution in [-0.2, 0) is 9.59 Å². The second-order valence-electron chi connectivity index (χ2n) is 7.16. The van der Waals surface area contributed by atoms with Gasteiger partial charge in [-0.3, -0.25) is 14.5 Å². The van der Waals surface area contributed by atoms with Crippen molar-refractivity contribution in [2.45, 2.75) is 19.3 Å². The number of benzene rings is 2. The summed E-state index contributed by atoms with van der Waals surface area (Å²) in [5, 5.41) is 13.2. The maximum Gasteiger partial charge on any atom is 0.317 e. The van der Waals surface area contributed by atoms with Gasteiger partial charge in [0.2, 0.25) is 5.91 Å². The fourth-order valence-electron chi connectivity index (χ4n) is 3.67. The molecule has 0 aliphatic heterocycles. The third-order valence-corrected chi connectivity index (χ3v) is 4.97. The van der Waals surface area contributed by atoms with E-state index in [1.54, 1.807) is 4.90 Å². The van der Waals surface area contributed by atoms with Crippen molar-refractivity contribution < 1.29 is 14.7 Å². The summed E-state index contributed by atoms with van der Waals surface area (Å²) in [6.45, 7) is 2.93. The van der Waals surface area contributed by atoms with Crippen molar-refractivity contribution in [2.24, 2.45) is 0 Å². The van der Waals surface area contributed by atoms with Crippen LogP contribution in [0.5, 0.6) is 0 Å². The van der Waals surface area contributed by atoms with E-state index in [2.05, 4.69) is 28.5 Å². The number of para-hydroxylation sites is 1. The van der Waals surface area contributed by atoms with Gasteiger partial charge in [-0.05, 0) is 30.2 Å². The molecular formula is C23H27N3O3. The normalized spacial score (nSPS) is 12.2. The van der Waals surface area contributed by atoms with Gasteiger partial charge >= 0.3 is 5.97 Å². The third-order valence-electron chi connectivity index (χ3n) is 4.97. The lowest BCUT2D eigenvalue weighted by Crippen LogP contribution is -2.41. The van der Waals surface area contributed by atoms with Gasteiger partial charge in [-0.25, -0.2) is 0 Å². The number of aromatic amines is 1. The first kappa shape index (κ1) is 20.6. The van der Waals surface area contributed by atoms with Crippen LogP contribution in [-0.4, -0.2) is 53.0 Å². The third kappa shape index (κ3) is 5.45. The zero-order chi connectivity index (χ0) is 20.6. The predicted molar refractivity (Wildman–Crippen MR) is 114 cm³/mol. The lowest BCUT2D eigenvalue weighted by molar-refractivity contribution is -0.138. The van der Waals surface area contributed by atoms with Crippen LogP contribution in [0.15, 0.2) is 60.8 Å². The Bertz CT molecular complexity index is 952. The van der Waals surface area contributed by atoms with Crippen molar-refractivity contribution in [1.29, 1.82) is 0 Å². The topological polar surface area (TPSA) is 85.4 Å². The van der Waals surface area contributed by atoms with Gasteiger partial charge in [0.05, 0.1) is 13.1 Å². The number of aromatic nitrogens is 1. The smallest absolute Gasteiger partial charge is 0.317 e. The van der Waals surface area contributed by atoms with Gasteiger partial charge in [-0.15, -0.1) is 0 Å². The summed E-state index contributed by atoms with van der Waals surface area (Å²) in [5.74, 6) is -1.09. The molecule has 1 atom stereocenters. The number of H-pyrrole nitrogens is 1. The largest absolute Gasteiger partial charge is 0.480 e. The maximum atomic E-state index is 12.5. The average molecular weight is 393 g/mol. The molecule has 0 bridgehead atoms.